The number of halogens is 1. The molecule has 0 spiro atoms. The van der Waals surface area contributed by atoms with E-state index in [1.807, 2.05) is 30.3 Å². The zero-order chi connectivity index (χ0) is 20.6. The van der Waals surface area contributed by atoms with Crippen LogP contribution in [0.3, 0.4) is 0 Å². The number of piperazine rings is 1. The van der Waals surface area contributed by atoms with Crippen LogP contribution in [0.2, 0.25) is 5.02 Å². The Labute approximate surface area is 177 Å². The molecule has 1 saturated heterocycles. The molecule has 3 rings (SSSR count). The first-order valence-corrected chi connectivity index (χ1v) is 10.4. The van der Waals surface area contributed by atoms with Gasteiger partial charge in [0, 0.05) is 49.1 Å². The van der Waals surface area contributed by atoms with E-state index in [1.54, 1.807) is 7.11 Å². The van der Waals surface area contributed by atoms with E-state index in [-0.39, 0.29) is 6.03 Å². The lowest BCUT2D eigenvalue weighted by Crippen LogP contribution is -2.47. The van der Waals surface area contributed by atoms with E-state index in [0.717, 1.165) is 55.6 Å². The molecule has 7 heteroatoms. The number of hydrogen-bond donors (Lipinski definition) is 2. The van der Waals surface area contributed by atoms with Crippen LogP contribution >= 0.6 is 11.6 Å². The first kappa shape index (κ1) is 21.3. The molecule has 1 aliphatic heterocycles. The molecule has 156 valence electrons. The highest BCUT2D eigenvalue weighted by Gasteiger charge is 2.18. The highest BCUT2D eigenvalue weighted by molar-refractivity contribution is 6.30. The minimum Gasteiger partial charge on any atom is -0.497 e. The molecule has 0 aromatic heterocycles. The second-order valence-electron chi connectivity index (χ2n) is 7.22. The molecule has 0 radical (unpaired) electrons. The van der Waals surface area contributed by atoms with Gasteiger partial charge in [0.15, 0.2) is 0 Å². The van der Waals surface area contributed by atoms with E-state index in [9.17, 15) is 4.79 Å². The molecule has 29 heavy (non-hydrogen) atoms. The summed E-state index contributed by atoms with van der Waals surface area (Å²) >= 11 is 6.16. The van der Waals surface area contributed by atoms with Crippen molar-refractivity contribution in [1.29, 1.82) is 0 Å². The van der Waals surface area contributed by atoms with Crippen LogP contribution in [-0.2, 0) is 0 Å². The van der Waals surface area contributed by atoms with Crippen LogP contribution in [0, 0.1) is 6.92 Å². The Morgan fingerprint density at radius 2 is 1.83 bits per heavy atom. The smallest absolute Gasteiger partial charge is 0.319 e. The minimum absolute atomic E-state index is 0.184. The van der Waals surface area contributed by atoms with Gasteiger partial charge in [-0.1, -0.05) is 17.7 Å². The van der Waals surface area contributed by atoms with Crippen LogP contribution in [0.1, 0.15) is 12.0 Å². The lowest BCUT2D eigenvalue weighted by Gasteiger charge is -2.37. The maximum absolute atomic E-state index is 12.0. The number of ether oxygens (including phenoxy) is 1. The predicted octanol–water partition coefficient (Wildman–Crippen LogP) is 3.99. The molecule has 1 aliphatic rings. The van der Waals surface area contributed by atoms with E-state index >= 15 is 0 Å². The van der Waals surface area contributed by atoms with Crippen LogP contribution in [0.25, 0.3) is 0 Å². The van der Waals surface area contributed by atoms with Crippen molar-refractivity contribution < 1.29 is 9.53 Å². The van der Waals surface area contributed by atoms with E-state index in [2.05, 4.69) is 39.5 Å². The van der Waals surface area contributed by atoms with Crippen molar-refractivity contribution in [2.45, 2.75) is 13.3 Å². The van der Waals surface area contributed by atoms with Gasteiger partial charge >= 0.3 is 6.03 Å². The fraction of sp³-hybridized carbons (Fsp3) is 0.409. The van der Waals surface area contributed by atoms with Gasteiger partial charge in [-0.25, -0.2) is 4.79 Å². The van der Waals surface area contributed by atoms with Crippen molar-refractivity contribution in [3.8, 4) is 5.75 Å². The van der Waals surface area contributed by atoms with Gasteiger partial charge in [-0.3, -0.25) is 4.90 Å². The van der Waals surface area contributed by atoms with Crippen molar-refractivity contribution >= 4 is 29.0 Å². The monoisotopic (exact) mass is 416 g/mol. The lowest BCUT2D eigenvalue weighted by molar-refractivity contribution is 0.244. The van der Waals surface area contributed by atoms with Crippen LogP contribution in [0.5, 0.6) is 5.75 Å². The maximum atomic E-state index is 12.0. The zero-order valence-electron chi connectivity index (χ0n) is 17.1. The zero-order valence-corrected chi connectivity index (χ0v) is 17.8. The van der Waals surface area contributed by atoms with Gasteiger partial charge in [-0.15, -0.1) is 0 Å². The molecule has 2 N–H and O–H groups in total. The van der Waals surface area contributed by atoms with Crippen LogP contribution in [-0.4, -0.2) is 57.3 Å². The Hall–Kier alpha value is -2.44. The number of hydrogen-bond acceptors (Lipinski definition) is 4. The Balaban J connectivity index is 1.33. The van der Waals surface area contributed by atoms with Gasteiger partial charge in [0.05, 0.1) is 7.11 Å². The van der Waals surface area contributed by atoms with E-state index in [0.29, 0.717) is 6.54 Å². The molecule has 1 fully saturated rings. The highest BCUT2D eigenvalue weighted by atomic mass is 35.5. The van der Waals surface area contributed by atoms with Crippen LogP contribution in [0.15, 0.2) is 42.5 Å². The third kappa shape index (κ3) is 6.27. The van der Waals surface area contributed by atoms with Crippen LogP contribution in [0.4, 0.5) is 16.2 Å². The number of aryl methyl sites for hydroxylation is 1. The molecule has 2 amide bonds. The fourth-order valence-corrected chi connectivity index (χ4v) is 3.66. The lowest BCUT2D eigenvalue weighted by atomic mass is 10.1. The molecule has 1 heterocycles. The number of amides is 2. The molecular weight excluding hydrogens is 388 g/mol. The third-order valence-electron chi connectivity index (χ3n) is 5.17. The Kier molecular flexibility index (Phi) is 7.61. The number of anilines is 2. The summed E-state index contributed by atoms with van der Waals surface area (Å²) in [4.78, 5) is 16.8. The molecule has 2 aromatic rings. The summed E-state index contributed by atoms with van der Waals surface area (Å²) in [6.45, 7) is 7.77. The molecule has 0 bridgehead atoms. The molecule has 0 saturated carbocycles. The first-order valence-electron chi connectivity index (χ1n) is 9.97. The Morgan fingerprint density at radius 3 is 2.52 bits per heavy atom. The van der Waals surface area contributed by atoms with E-state index in [4.69, 9.17) is 16.3 Å². The number of rotatable bonds is 7. The normalized spacial score (nSPS) is 14.5. The first-order chi connectivity index (χ1) is 14.0. The van der Waals surface area contributed by atoms with Crippen molar-refractivity contribution in [3.05, 3.63) is 53.1 Å². The average molecular weight is 417 g/mol. The maximum Gasteiger partial charge on any atom is 0.319 e. The summed E-state index contributed by atoms with van der Waals surface area (Å²) in [5.41, 5.74) is 3.24. The molecular formula is C22H29ClN4O2. The molecule has 0 aliphatic carbocycles. The quantitative estimate of drug-likeness (QED) is 0.670. The molecule has 6 nitrogen and oxygen atoms in total. The number of methoxy groups -OCH3 is 1. The van der Waals surface area contributed by atoms with Gasteiger partial charge in [-0.05, 0) is 61.9 Å². The second kappa shape index (κ2) is 10.4. The topological polar surface area (TPSA) is 56.8 Å². The summed E-state index contributed by atoms with van der Waals surface area (Å²) in [6.07, 6.45) is 0.923. The summed E-state index contributed by atoms with van der Waals surface area (Å²) in [5, 5.41) is 6.53. The van der Waals surface area contributed by atoms with E-state index in [1.165, 1.54) is 11.3 Å². The fourth-order valence-electron chi connectivity index (χ4n) is 3.49. The number of carbonyl (C=O) groups is 1. The number of urea groups is 1. The van der Waals surface area contributed by atoms with Crippen molar-refractivity contribution in [2.24, 2.45) is 0 Å². The van der Waals surface area contributed by atoms with Crippen LogP contribution < -0.4 is 20.3 Å². The number of benzene rings is 2. The van der Waals surface area contributed by atoms with Gasteiger partial charge in [0.1, 0.15) is 5.75 Å². The Bertz CT molecular complexity index is 805. The third-order valence-corrected chi connectivity index (χ3v) is 5.40. The standard InChI is InChI=1S/C22H29ClN4O2/c1-17-4-5-18(23)16-21(17)27-14-12-26(13-15-27)11-3-10-24-22(28)25-19-6-8-20(29-2)9-7-19/h4-9,16H,3,10-15H2,1-2H3,(H2,24,25,28). The summed E-state index contributed by atoms with van der Waals surface area (Å²) < 4.78 is 5.11. The number of nitrogens with zero attached hydrogens (tertiary/aromatic N) is 2. The van der Waals surface area contributed by atoms with Gasteiger partial charge in [0.2, 0.25) is 0 Å². The van der Waals surface area contributed by atoms with Gasteiger partial charge in [-0.2, -0.15) is 0 Å². The predicted molar refractivity (Wildman–Crippen MR) is 119 cm³/mol. The molecule has 0 unspecified atom stereocenters. The summed E-state index contributed by atoms with van der Waals surface area (Å²) in [7, 11) is 1.62. The largest absolute Gasteiger partial charge is 0.497 e. The van der Waals surface area contributed by atoms with Crippen molar-refractivity contribution in [1.82, 2.24) is 10.2 Å². The second-order valence-corrected chi connectivity index (χ2v) is 7.66. The number of nitrogens with one attached hydrogen (secondary N) is 2. The van der Waals surface area contributed by atoms with Gasteiger partial charge in [0.25, 0.3) is 0 Å². The highest BCUT2D eigenvalue weighted by Crippen LogP contribution is 2.25. The Morgan fingerprint density at radius 1 is 1.10 bits per heavy atom. The van der Waals surface area contributed by atoms with Crippen molar-refractivity contribution in [2.75, 3.05) is 56.6 Å². The average Bonchev–Trinajstić information content (AvgIpc) is 2.74. The van der Waals surface area contributed by atoms with E-state index < -0.39 is 0 Å². The summed E-state index contributed by atoms with van der Waals surface area (Å²) in [6, 6.07) is 13.2. The SMILES string of the molecule is COc1ccc(NC(=O)NCCCN2CCN(c3cc(Cl)ccc3C)CC2)cc1. The minimum atomic E-state index is -0.184. The van der Waals surface area contributed by atoms with Gasteiger partial charge < -0.3 is 20.3 Å². The molecule has 0 atom stereocenters. The van der Waals surface area contributed by atoms with Crippen molar-refractivity contribution in [3.63, 3.8) is 0 Å². The summed E-state index contributed by atoms with van der Waals surface area (Å²) in [5.74, 6) is 0.765. The number of carbonyl (C=O) groups excluding carboxylic acids is 1. The molecule has 2 aromatic carbocycles.